The highest BCUT2D eigenvalue weighted by Gasteiger charge is 2.38. The molecule has 1 atom stereocenters. The number of carbonyl (C=O) groups excluding carboxylic acids is 1. The van der Waals surface area contributed by atoms with E-state index in [4.69, 9.17) is 4.74 Å². The van der Waals surface area contributed by atoms with Gasteiger partial charge in [0.25, 0.3) is 6.43 Å². The molecule has 2 fully saturated rings. The van der Waals surface area contributed by atoms with Gasteiger partial charge in [-0.3, -0.25) is 4.79 Å². The summed E-state index contributed by atoms with van der Waals surface area (Å²) in [6.45, 7) is 9.40. The predicted molar refractivity (Wildman–Crippen MR) is 137 cm³/mol. The van der Waals surface area contributed by atoms with Crippen LogP contribution in [0.25, 0.3) is 16.0 Å². The summed E-state index contributed by atoms with van der Waals surface area (Å²) in [6, 6.07) is 2.95. The van der Waals surface area contributed by atoms with E-state index in [1.165, 1.54) is 10.7 Å². The first kappa shape index (κ1) is 26.8. The summed E-state index contributed by atoms with van der Waals surface area (Å²) in [7, 11) is -3.98. The molecule has 5 rings (SSSR count). The Hall–Kier alpha value is -2.75. The van der Waals surface area contributed by atoms with E-state index < -0.39 is 27.0 Å². The first-order valence-electron chi connectivity index (χ1n) is 12.2. The highest BCUT2D eigenvalue weighted by Crippen LogP contribution is 2.35. The van der Waals surface area contributed by atoms with Gasteiger partial charge in [0.1, 0.15) is 0 Å². The number of alkyl halides is 2. The van der Waals surface area contributed by atoms with Gasteiger partial charge in [0, 0.05) is 42.7 Å². The minimum absolute atomic E-state index is 0.00168. The molecule has 0 unspecified atom stereocenters. The average Bonchev–Trinajstić information content (AvgIpc) is 3.49. The van der Waals surface area contributed by atoms with E-state index in [2.05, 4.69) is 20.0 Å². The Bertz CT molecular complexity index is 1470. The zero-order valence-electron chi connectivity index (χ0n) is 21.4. The summed E-state index contributed by atoms with van der Waals surface area (Å²) in [5, 5.41) is 12.0. The molecule has 15 heteroatoms. The van der Waals surface area contributed by atoms with Crippen LogP contribution in [-0.4, -0.2) is 83.6 Å². The van der Waals surface area contributed by atoms with Crippen LogP contribution in [0.3, 0.4) is 0 Å². The van der Waals surface area contributed by atoms with Crippen LogP contribution in [0.15, 0.2) is 23.2 Å². The summed E-state index contributed by atoms with van der Waals surface area (Å²) in [5.74, 6) is -0.0620. The number of piperazine rings is 1. The molecule has 2 aromatic heterocycles. The number of sulfonamides is 1. The molecule has 2 aliphatic rings. The summed E-state index contributed by atoms with van der Waals surface area (Å²) < 4.78 is 62.5. The standard InChI is InChI=1S/C23H29F2N7O4S2/c1-13(2)21(33)31-6-5-30(10-14(31)3)17-7-15(38(34,35)29-23(4)11-36-12-23)8-18-16(17)9-26-32(18)22-28-27-20(37-22)19(24)25/h7-9,13-14,19,29H,5-6,10-12H2,1-4H3/t14-/m0/s1. The molecular weight excluding hydrogens is 540 g/mol. The highest BCUT2D eigenvalue weighted by molar-refractivity contribution is 7.89. The molecule has 2 aliphatic heterocycles. The fourth-order valence-corrected chi connectivity index (χ4v) is 6.83. The van der Waals surface area contributed by atoms with E-state index in [1.807, 2.05) is 30.6 Å². The predicted octanol–water partition coefficient (Wildman–Crippen LogP) is 2.57. The van der Waals surface area contributed by atoms with Crippen molar-refractivity contribution in [2.24, 2.45) is 5.92 Å². The number of aromatic nitrogens is 4. The number of ether oxygens (including phenoxy) is 1. The van der Waals surface area contributed by atoms with E-state index in [0.717, 1.165) is 0 Å². The largest absolute Gasteiger partial charge is 0.377 e. The quantitative estimate of drug-likeness (QED) is 0.461. The molecule has 0 radical (unpaired) electrons. The van der Waals surface area contributed by atoms with Crippen molar-refractivity contribution in [2.45, 2.75) is 50.6 Å². The molecule has 2 saturated heterocycles. The van der Waals surface area contributed by atoms with Crippen molar-refractivity contribution in [3.05, 3.63) is 23.3 Å². The van der Waals surface area contributed by atoms with Crippen molar-refractivity contribution in [2.75, 3.05) is 37.7 Å². The van der Waals surface area contributed by atoms with Crippen molar-refractivity contribution >= 4 is 43.9 Å². The van der Waals surface area contributed by atoms with E-state index in [1.54, 1.807) is 19.2 Å². The lowest BCUT2D eigenvalue weighted by Crippen LogP contribution is -2.59. The third-order valence-corrected chi connectivity index (χ3v) is 9.24. The molecule has 1 N–H and O–H groups in total. The molecule has 206 valence electrons. The summed E-state index contributed by atoms with van der Waals surface area (Å²) in [4.78, 5) is 16.5. The fourth-order valence-electron chi connectivity index (χ4n) is 4.74. The zero-order valence-corrected chi connectivity index (χ0v) is 23.0. The van der Waals surface area contributed by atoms with Crippen molar-refractivity contribution < 1.29 is 26.7 Å². The minimum Gasteiger partial charge on any atom is -0.377 e. The van der Waals surface area contributed by atoms with Gasteiger partial charge in [-0.2, -0.15) is 5.10 Å². The Morgan fingerprint density at radius 2 is 1.97 bits per heavy atom. The van der Waals surface area contributed by atoms with Gasteiger partial charge in [-0.15, -0.1) is 10.2 Å². The normalized spacial score (nSPS) is 19.9. The molecule has 11 nitrogen and oxygen atoms in total. The Labute approximate surface area is 222 Å². The number of anilines is 1. The topological polar surface area (TPSA) is 123 Å². The summed E-state index contributed by atoms with van der Waals surface area (Å²) in [5.41, 5.74) is 0.283. The molecular formula is C23H29F2N7O4S2. The van der Waals surface area contributed by atoms with Crippen molar-refractivity contribution in [1.82, 2.24) is 29.6 Å². The summed E-state index contributed by atoms with van der Waals surface area (Å²) in [6.07, 6.45) is -1.22. The Morgan fingerprint density at radius 3 is 2.55 bits per heavy atom. The van der Waals surface area contributed by atoms with Crippen molar-refractivity contribution in [3.8, 4) is 5.13 Å². The number of nitrogens with one attached hydrogen (secondary N) is 1. The smallest absolute Gasteiger partial charge is 0.291 e. The molecule has 0 saturated carbocycles. The third kappa shape index (κ3) is 4.87. The van der Waals surface area contributed by atoms with Crippen LogP contribution in [0, 0.1) is 5.92 Å². The highest BCUT2D eigenvalue weighted by atomic mass is 32.2. The molecule has 1 aromatic carbocycles. The number of fused-ring (bicyclic) bond motifs is 1. The van der Waals surface area contributed by atoms with Crippen LogP contribution < -0.4 is 9.62 Å². The Morgan fingerprint density at radius 1 is 1.24 bits per heavy atom. The van der Waals surface area contributed by atoms with E-state index >= 15 is 0 Å². The Balaban J connectivity index is 1.59. The van der Waals surface area contributed by atoms with Crippen LogP contribution in [0.2, 0.25) is 0 Å². The van der Waals surface area contributed by atoms with Gasteiger partial charge in [0.15, 0.2) is 5.01 Å². The van der Waals surface area contributed by atoms with Crippen LogP contribution in [0.1, 0.15) is 39.1 Å². The molecule has 0 bridgehead atoms. The number of hydrogen-bond acceptors (Lipinski definition) is 9. The first-order chi connectivity index (χ1) is 17.9. The summed E-state index contributed by atoms with van der Waals surface area (Å²) >= 11 is 0.687. The maximum absolute atomic E-state index is 13.5. The fraction of sp³-hybridized carbons (Fsp3) is 0.565. The van der Waals surface area contributed by atoms with Gasteiger partial charge >= 0.3 is 0 Å². The second-order valence-electron chi connectivity index (χ2n) is 10.3. The average molecular weight is 570 g/mol. The molecule has 38 heavy (non-hydrogen) atoms. The molecule has 0 aliphatic carbocycles. The maximum atomic E-state index is 13.5. The van der Waals surface area contributed by atoms with Crippen molar-refractivity contribution in [3.63, 3.8) is 0 Å². The van der Waals surface area contributed by atoms with Gasteiger partial charge in [0.2, 0.25) is 21.1 Å². The van der Waals surface area contributed by atoms with Gasteiger partial charge in [-0.1, -0.05) is 25.2 Å². The second-order valence-corrected chi connectivity index (χ2v) is 13.0. The third-order valence-electron chi connectivity index (χ3n) is 6.72. The van der Waals surface area contributed by atoms with E-state index in [0.29, 0.717) is 47.6 Å². The van der Waals surface area contributed by atoms with Crippen LogP contribution in [-0.2, 0) is 19.6 Å². The van der Waals surface area contributed by atoms with Crippen LogP contribution in [0.5, 0.6) is 0 Å². The number of hydrogen-bond donors (Lipinski definition) is 1. The van der Waals surface area contributed by atoms with Crippen LogP contribution in [0.4, 0.5) is 14.5 Å². The number of amides is 1. The van der Waals surface area contributed by atoms with Gasteiger partial charge in [-0.25, -0.2) is 26.6 Å². The SMILES string of the molecule is CC(C)C(=O)N1CCN(c2cc(S(=O)(=O)NC3(C)COC3)cc3c2cnn3-c2nnc(C(F)F)s2)C[C@@H]1C. The number of benzene rings is 1. The maximum Gasteiger partial charge on any atom is 0.291 e. The van der Waals surface area contributed by atoms with Crippen molar-refractivity contribution in [1.29, 1.82) is 0 Å². The second kappa shape index (κ2) is 9.77. The van der Waals surface area contributed by atoms with Gasteiger partial charge < -0.3 is 14.5 Å². The van der Waals surface area contributed by atoms with Gasteiger partial charge in [0.05, 0.1) is 35.4 Å². The number of carbonyl (C=O) groups is 1. The Kier molecular flexibility index (Phi) is 6.90. The molecule has 4 heterocycles. The number of halogens is 2. The molecule has 0 spiro atoms. The molecule has 3 aromatic rings. The van der Waals surface area contributed by atoms with Gasteiger partial charge in [-0.05, 0) is 26.0 Å². The lowest BCUT2D eigenvalue weighted by atomic mass is 10.0. The first-order valence-corrected chi connectivity index (χ1v) is 14.5. The minimum atomic E-state index is -3.98. The van der Waals surface area contributed by atoms with Crippen LogP contribution >= 0.6 is 11.3 Å². The molecule has 1 amide bonds. The number of rotatable bonds is 7. The number of nitrogens with zero attached hydrogens (tertiary/aromatic N) is 6. The van der Waals surface area contributed by atoms with E-state index in [-0.39, 0.29) is 41.1 Å². The monoisotopic (exact) mass is 569 g/mol. The lowest BCUT2D eigenvalue weighted by molar-refractivity contribution is -0.136. The lowest BCUT2D eigenvalue weighted by Gasteiger charge is -2.42. The zero-order chi connectivity index (χ0) is 27.4. The van der Waals surface area contributed by atoms with E-state index in [9.17, 15) is 22.0 Å².